The molecule has 2 nitrogen and oxygen atoms in total. The average Bonchev–Trinajstić information content (AvgIpc) is 1.88. The van der Waals surface area contributed by atoms with E-state index in [1.807, 2.05) is 0 Å². The van der Waals surface area contributed by atoms with Crippen molar-refractivity contribution in [3.8, 4) is 0 Å². The maximum Gasteiger partial charge on any atom is 0.101 e. The average molecular weight is 136 g/mol. The summed E-state index contributed by atoms with van der Waals surface area (Å²) in [6, 6.07) is 6.23. The topological polar surface area (TPSA) is 33.1 Å². The summed E-state index contributed by atoms with van der Waals surface area (Å²) in [6.07, 6.45) is 1.62. The molecule has 0 saturated carbocycles. The van der Waals surface area contributed by atoms with Crippen LogP contribution in [0.3, 0.4) is 0 Å². The van der Waals surface area contributed by atoms with Gasteiger partial charge in [0.1, 0.15) is 5.60 Å². The number of nitrogens with zero attached hydrogens (tertiary/aromatic N) is 1. The summed E-state index contributed by atoms with van der Waals surface area (Å²) in [5.41, 5.74) is -0.201. The minimum absolute atomic E-state index is 0.648. The third-order valence-electron chi connectivity index (χ3n) is 1.23. The summed E-state index contributed by atoms with van der Waals surface area (Å²) in [5.74, 6) is 0. The number of hydrogen-bond donors (Lipinski definition) is 1. The molecule has 0 spiro atoms. The molecule has 0 bridgehead atoms. The standard InChI is InChI=1S/C8H10NO/c1-8(2,10)7-5-3-4-6-9-7/h4-6,10H,1-2H3. The zero-order valence-corrected chi connectivity index (χ0v) is 6.13. The van der Waals surface area contributed by atoms with Crippen molar-refractivity contribution in [3.05, 3.63) is 30.1 Å². The van der Waals surface area contributed by atoms with Crippen molar-refractivity contribution in [1.29, 1.82) is 0 Å². The molecule has 0 unspecified atom stereocenters. The molecule has 0 aliphatic carbocycles. The van der Waals surface area contributed by atoms with E-state index in [4.69, 9.17) is 0 Å². The number of hydrogen-bond acceptors (Lipinski definition) is 2. The fraction of sp³-hybridized carbons (Fsp3) is 0.375. The second kappa shape index (κ2) is 2.39. The van der Waals surface area contributed by atoms with Crippen LogP contribution in [0.2, 0.25) is 0 Å². The van der Waals surface area contributed by atoms with Gasteiger partial charge in [-0.1, -0.05) is 0 Å². The van der Waals surface area contributed by atoms with Gasteiger partial charge in [-0.15, -0.1) is 0 Å². The number of aromatic nitrogens is 1. The Morgan fingerprint density at radius 1 is 1.60 bits per heavy atom. The lowest BCUT2D eigenvalue weighted by molar-refractivity contribution is 0.0738. The molecule has 0 amide bonds. The van der Waals surface area contributed by atoms with Crippen LogP contribution < -0.4 is 0 Å². The van der Waals surface area contributed by atoms with Gasteiger partial charge in [0.25, 0.3) is 0 Å². The summed E-state index contributed by atoms with van der Waals surface area (Å²) in [6.45, 7) is 3.40. The van der Waals surface area contributed by atoms with Gasteiger partial charge in [0.15, 0.2) is 0 Å². The first-order chi connectivity index (χ1) is 4.61. The van der Waals surface area contributed by atoms with Gasteiger partial charge in [0, 0.05) is 6.20 Å². The minimum atomic E-state index is -0.849. The van der Waals surface area contributed by atoms with Crippen LogP contribution in [-0.2, 0) is 5.60 Å². The Morgan fingerprint density at radius 3 is 2.60 bits per heavy atom. The molecule has 1 N–H and O–H groups in total. The molecular formula is C8H10NO. The van der Waals surface area contributed by atoms with Gasteiger partial charge in [-0.05, 0) is 32.0 Å². The Bertz CT molecular complexity index is 200. The molecule has 1 heterocycles. The summed E-state index contributed by atoms with van der Waals surface area (Å²) in [7, 11) is 0. The highest BCUT2D eigenvalue weighted by atomic mass is 16.3. The Kier molecular flexibility index (Phi) is 1.72. The van der Waals surface area contributed by atoms with E-state index in [0.717, 1.165) is 0 Å². The zero-order chi connectivity index (χ0) is 7.61. The number of aliphatic hydroxyl groups is 1. The van der Waals surface area contributed by atoms with Crippen molar-refractivity contribution in [2.24, 2.45) is 0 Å². The van der Waals surface area contributed by atoms with Crippen LogP contribution in [0.15, 0.2) is 18.3 Å². The van der Waals surface area contributed by atoms with Crippen molar-refractivity contribution in [1.82, 2.24) is 4.98 Å². The van der Waals surface area contributed by atoms with E-state index < -0.39 is 5.60 Å². The molecule has 53 valence electrons. The molecular weight excluding hydrogens is 126 g/mol. The van der Waals surface area contributed by atoms with Crippen LogP contribution in [0.4, 0.5) is 0 Å². The number of rotatable bonds is 1. The van der Waals surface area contributed by atoms with E-state index in [0.29, 0.717) is 5.69 Å². The molecule has 0 aliphatic rings. The lowest BCUT2D eigenvalue weighted by atomic mass is 10.1. The van der Waals surface area contributed by atoms with Gasteiger partial charge in [-0.25, -0.2) is 0 Å². The third kappa shape index (κ3) is 1.54. The maximum absolute atomic E-state index is 9.41. The van der Waals surface area contributed by atoms with Crippen LogP contribution in [0.5, 0.6) is 0 Å². The van der Waals surface area contributed by atoms with E-state index in [-0.39, 0.29) is 0 Å². The molecule has 0 aliphatic heterocycles. The van der Waals surface area contributed by atoms with E-state index in [1.165, 1.54) is 0 Å². The predicted molar refractivity (Wildman–Crippen MR) is 38.3 cm³/mol. The monoisotopic (exact) mass is 136 g/mol. The summed E-state index contributed by atoms with van der Waals surface area (Å²) < 4.78 is 0. The quantitative estimate of drug-likeness (QED) is 0.627. The fourth-order valence-corrected chi connectivity index (χ4v) is 0.659. The van der Waals surface area contributed by atoms with Crippen molar-refractivity contribution < 1.29 is 5.11 Å². The van der Waals surface area contributed by atoms with Gasteiger partial charge in [-0.3, -0.25) is 4.98 Å². The first-order valence-corrected chi connectivity index (χ1v) is 3.15. The van der Waals surface area contributed by atoms with Crippen LogP contribution >= 0.6 is 0 Å². The van der Waals surface area contributed by atoms with Gasteiger partial charge in [0.2, 0.25) is 0 Å². The fourth-order valence-electron chi connectivity index (χ4n) is 0.659. The Labute approximate surface area is 60.5 Å². The molecule has 1 aromatic rings. The number of pyridine rings is 1. The smallest absolute Gasteiger partial charge is 0.101 e. The highest BCUT2D eigenvalue weighted by molar-refractivity contribution is 5.08. The SMILES string of the molecule is CC(C)(O)c1c[c]ccn1. The molecule has 1 rings (SSSR count). The van der Waals surface area contributed by atoms with Crippen molar-refractivity contribution >= 4 is 0 Å². The van der Waals surface area contributed by atoms with Gasteiger partial charge in [0.05, 0.1) is 5.69 Å². The van der Waals surface area contributed by atoms with E-state index >= 15 is 0 Å². The zero-order valence-electron chi connectivity index (χ0n) is 6.13. The highest BCUT2D eigenvalue weighted by Crippen LogP contribution is 2.14. The third-order valence-corrected chi connectivity index (χ3v) is 1.23. The molecule has 1 radical (unpaired) electrons. The second-order valence-electron chi connectivity index (χ2n) is 2.70. The van der Waals surface area contributed by atoms with Crippen molar-refractivity contribution in [2.45, 2.75) is 19.4 Å². The minimum Gasteiger partial charge on any atom is -0.384 e. The molecule has 0 aromatic carbocycles. The van der Waals surface area contributed by atoms with Crippen LogP contribution in [0.25, 0.3) is 0 Å². The summed E-state index contributed by atoms with van der Waals surface area (Å²) in [5, 5.41) is 9.41. The molecule has 1 aromatic heterocycles. The lowest BCUT2D eigenvalue weighted by Crippen LogP contribution is -2.16. The van der Waals surface area contributed by atoms with Gasteiger partial charge < -0.3 is 5.11 Å². The van der Waals surface area contributed by atoms with Crippen molar-refractivity contribution in [2.75, 3.05) is 0 Å². The lowest BCUT2D eigenvalue weighted by Gasteiger charge is -2.14. The van der Waals surface area contributed by atoms with Crippen molar-refractivity contribution in [3.63, 3.8) is 0 Å². The predicted octanol–water partition coefficient (Wildman–Crippen LogP) is 1.11. The molecule has 10 heavy (non-hydrogen) atoms. The van der Waals surface area contributed by atoms with Gasteiger partial charge in [-0.2, -0.15) is 0 Å². The Hall–Kier alpha value is -0.890. The second-order valence-corrected chi connectivity index (χ2v) is 2.70. The molecule has 0 fully saturated rings. The summed E-state index contributed by atoms with van der Waals surface area (Å²) in [4.78, 5) is 3.97. The Morgan fingerprint density at radius 2 is 2.30 bits per heavy atom. The first kappa shape index (κ1) is 7.22. The van der Waals surface area contributed by atoms with Crippen LogP contribution in [0, 0.1) is 6.07 Å². The highest BCUT2D eigenvalue weighted by Gasteiger charge is 2.15. The maximum atomic E-state index is 9.41. The largest absolute Gasteiger partial charge is 0.384 e. The molecule has 0 saturated heterocycles. The van der Waals surface area contributed by atoms with E-state index in [1.54, 1.807) is 32.2 Å². The molecule has 0 atom stereocenters. The van der Waals surface area contributed by atoms with E-state index in [2.05, 4.69) is 11.1 Å². The summed E-state index contributed by atoms with van der Waals surface area (Å²) >= 11 is 0. The van der Waals surface area contributed by atoms with Gasteiger partial charge >= 0.3 is 0 Å². The normalized spacial score (nSPS) is 11.5. The van der Waals surface area contributed by atoms with Crippen LogP contribution in [0.1, 0.15) is 19.5 Å². The first-order valence-electron chi connectivity index (χ1n) is 3.15. The Balaban J connectivity index is 2.97. The van der Waals surface area contributed by atoms with E-state index in [9.17, 15) is 5.11 Å². The van der Waals surface area contributed by atoms with Crippen LogP contribution in [-0.4, -0.2) is 10.1 Å². The molecule has 2 heteroatoms.